The maximum Gasteiger partial charge on any atom is 0.219 e. The van der Waals surface area contributed by atoms with Gasteiger partial charge in [-0.1, -0.05) is 5.92 Å². The van der Waals surface area contributed by atoms with Crippen LogP contribution in [-0.4, -0.2) is 41.9 Å². The van der Waals surface area contributed by atoms with Crippen molar-refractivity contribution in [3.63, 3.8) is 0 Å². The van der Waals surface area contributed by atoms with Crippen molar-refractivity contribution < 1.29 is 4.79 Å². The van der Waals surface area contributed by atoms with Gasteiger partial charge in [0.1, 0.15) is 0 Å². The molecule has 1 aliphatic heterocycles. The minimum atomic E-state index is 0.162. The molecule has 3 heteroatoms. The van der Waals surface area contributed by atoms with Crippen LogP contribution in [0.5, 0.6) is 0 Å². The number of rotatable bonds is 2. The van der Waals surface area contributed by atoms with Gasteiger partial charge in [0.2, 0.25) is 5.91 Å². The van der Waals surface area contributed by atoms with Crippen LogP contribution >= 0.6 is 0 Å². The van der Waals surface area contributed by atoms with E-state index in [1.165, 1.54) is 5.70 Å². The quantitative estimate of drug-likeness (QED) is 0.534. The standard InChI is InChI=1S/C14H20N2O/c1-5-6-12(2)11-13(3)15-7-9-16(10-8-15)14(4)17/h1,6,11H,7-10H2,2-4H3/b12-6-,13-11+. The lowest BCUT2D eigenvalue weighted by Gasteiger charge is -2.36. The number of carbonyl (C=O) groups excluding carboxylic acids is 1. The molecule has 0 bridgehead atoms. The summed E-state index contributed by atoms with van der Waals surface area (Å²) < 4.78 is 0. The van der Waals surface area contributed by atoms with E-state index in [9.17, 15) is 4.79 Å². The van der Waals surface area contributed by atoms with Gasteiger partial charge in [-0.15, -0.1) is 6.42 Å². The molecule has 0 aromatic carbocycles. The minimum Gasteiger partial charge on any atom is -0.371 e. The smallest absolute Gasteiger partial charge is 0.219 e. The van der Waals surface area contributed by atoms with Gasteiger partial charge in [-0.05, 0) is 31.6 Å². The normalized spacial score (nSPS) is 18.0. The van der Waals surface area contributed by atoms with Crippen molar-refractivity contribution >= 4 is 5.91 Å². The Bertz CT molecular complexity index is 380. The number of piperazine rings is 1. The van der Waals surface area contributed by atoms with Crippen molar-refractivity contribution in [2.45, 2.75) is 20.8 Å². The second-order valence-corrected chi connectivity index (χ2v) is 4.33. The van der Waals surface area contributed by atoms with Gasteiger partial charge in [-0.3, -0.25) is 4.79 Å². The fraction of sp³-hybridized carbons (Fsp3) is 0.500. The molecular weight excluding hydrogens is 212 g/mol. The Morgan fingerprint density at radius 3 is 2.12 bits per heavy atom. The first kappa shape index (κ1) is 13.4. The third-order valence-corrected chi connectivity index (χ3v) is 2.97. The van der Waals surface area contributed by atoms with Gasteiger partial charge in [0, 0.05) is 38.8 Å². The first-order valence-corrected chi connectivity index (χ1v) is 5.86. The summed E-state index contributed by atoms with van der Waals surface area (Å²) >= 11 is 0. The summed E-state index contributed by atoms with van der Waals surface area (Å²) in [5, 5.41) is 0. The van der Waals surface area contributed by atoms with Crippen LogP contribution in [0.25, 0.3) is 0 Å². The monoisotopic (exact) mass is 232 g/mol. The Morgan fingerprint density at radius 2 is 1.65 bits per heavy atom. The third-order valence-electron chi connectivity index (χ3n) is 2.97. The van der Waals surface area contributed by atoms with Gasteiger partial charge in [0.15, 0.2) is 0 Å². The van der Waals surface area contributed by atoms with Gasteiger partial charge in [0.25, 0.3) is 0 Å². The first-order valence-electron chi connectivity index (χ1n) is 5.86. The van der Waals surface area contributed by atoms with Gasteiger partial charge in [0.05, 0.1) is 0 Å². The molecule has 0 spiro atoms. The molecule has 0 N–H and O–H groups in total. The number of hydrogen-bond acceptors (Lipinski definition) is 2. The largest absolute Gasteiger partial charge is 0.371 e. The first-order chi connectivity index (χ1) is 8.04. The van der Waals surface area contributed by atoms with Gasteiger partial charge < -0.3 is 9.80 Å². The molecule has 1 amide bonds. The van der Waals surface area contributed by atoms with Crippen LogP contribution in [0.2, 0.25) is 0 Å². The van der Waals surface area contributed by atoms with Gasteiger partial charge in [-0.25, -0.2) is 0 Å². The zero-order valence-corrected chi connectivity index (χ0v) is 10.9. The van der Waals surface area contributed by atoms with Crippen LogP contribution in [0.3, 0.4) is 0 Å². The molecule has 0 radical (unpaired) electrons. The zero-order chi connectivity index (χ0) is 12.8. The molecule has 1 heterocycles. The number of hydrogen-bond donors (Lipinski definition) is 0. The van der Waals surface area contributed by atoms with Crippen LogP contribution in [0.4, 0.5) is 0 Å². The van der Waals surface area contributed by atoms with Crippen LogP contribution in [0.15, 0.2) is 23.4 Å². The molecule has 92 valence electrons. The summed E-state index contributed by atoms with van der Waals surface area (Å²) in [6, 6.07) is 0. The summed E-state index contributed by atoms with van der Waals surface area (Å²) in [4.78, 5) is 15.4. The number of amides is 1. The summed E-state index contributed by atoms with van der Waals surface area (Å²) in [7, 11) is 0. The van der Waals surface area contributed by atoms with E-state index in [1.807, 2.05) is 11.8 Å². The van der Waals surface area contributed by atoms with Crippen molar-refractivity contribution in [1.82, 2.24) is 9.80 Å². The number of nitrogens with zero attached hydrogens (tertiary/aromatic N) is 2. The molecule has 3 nitrogen and oxygen atoms in total. The lowest BCUT2D eigenvalue weighted by atomic mass is 10.2. The molecule has 0 aliphatic carbocycles. The van der Waals surface area contributed by atoms with Crippen LogP contribution in [0.1, 0.15) is 20.8 Å². The number of allylic oxidation sites excluding steroid dienone is 4. The highest BCUT2D eigenvalue weighted by molar-refractivity contribution is 5.73. The van der Waals surface area contributed by atoms with Crippen LogP contribution in [0, 0.1) is 12.3 Å². The second kappa shape index (κ2) is 6.15. The number of terminal acetylenes is 1. The molecule has 0 aromatic rings. The average molecular weight is 232 g/mol. The van der Waals surface area contributed by atoms with E-state index >= 15 is 0 Å². The molecule has 0 unspecified atom stereocenters. The maximum atomic E-state index is 11.2. The van der Waals surface area contributed by atoms with E-state index in [1.54, 1.807) is 13.0 Å². The van der Waals surface area contributed by atoms with E-state index in [-0.39, 0.29) is 5.91 Å². The third kappa shape index (κ3) is 3.99. The molecule has 0 aromatic heterocycles. The highest BCUT2D eigenvalue weighted by Gasteiger charge is 2.18. The molecule has 0 saturated carbocycles. The lowest BCUT2D eigenvalue weighted by molar-refractivity contribution is -0.130. The maximum absolute atomic E-state index is 11.2. The summed E-state index contributed by atoms with van der Waals surface area (Å²) in [6.07, 6.45) is 9.07. The molecule has 1 fully saturated rings. The SMILES string of the molecule is C#C/C=C(C)\C=C(/C)N1CCN(C(C)=O)CC1. The van der Waals surface area contributed by atoms with E-state index in [4.69, 9.17) is 6.42 Å². The Kier molecular flexibility index (Phi) is 4.84. The van der Waals surface area contributed by atoms with Crippen LogP contribution < -0.4 is 0 Å². The highest BCUT2D eigenvalue weighted by atomic mass is 16.2. The summed E-state index contributed by atoms with van der Waals surface area (Å²) in [5.74, 6) is 2.68. The van der Waals surface area contributed by atoms with Crippen molar-refractivity contribution in [3.05, 3.63) is 23.4 Å². The number of carbonyl (C=O) groups is 1. The molecule has 1 saturated heterocycles. The van der Waals surface area contributed by atoms with E-state index < -0.39 is 0 Å². The van der Waals surface area contributed by atoms with Crippen molar-refractivity contribution in [1.29, 1.82) is 0 Å². The Labute approximate surface area is 104 Å². The Hall–Kier alpha value is -1.69. The van der Waals surface area contributed by atoms with Gasteiger partial charge >= 0.3 is 0 Å². The van der Waals surface area contributed by atoms with Crippen molar-refractivity contribution in [3.8, 4) is 12.3 Å². The fourth-order valence-corrected chi connectivity index (χ4v) is 1.97. The Balaban J connectivity index is 2.57. The molecular formula is C14H20N2O. The lowest BCUT2D eigenvalue weighted by Crippen LogP contribution is -2.47. The highest BCUT2D eigenvalue weighted by Crippen LogP contribution is 2.11. The van der Waals surface area contributed by atoms with Crippen molar-refractivity contribution in [2.75, 3.05) is 26.2 Å². The zero-order valence-electron chi connectivity index (χ0n) is 10.9. The predicted octanol–water partition coefficient (Wildman–Crippen LogP) is 1.63. The molecule has 1 aliphatic rings. The van der Waals surface area contributed by atoms with E-state index in [0.717, 1.165) is 31.8 Å². The molecule has 17 heavy (non-hydrogen) atoms. The second-order valence-electron chi connectivity index (χ2n) is 4.33. The topological polar surface area (TPSA) is 23.6 Å². The average Bonchev–Trinajstić information content (AvgIpc) is 2.29. The Morgan fingerprint density at radius 1 is 1.12 bits per heavy atom. The van der Waals surface area contributed by atoms with Crippen LogP contribution in [-0.2, 0) is 4.79 Å². The summed E-state index contributed by atoms with van der Waals surface area (Å²) in [6.45, 7) is 9.10. The van der Waals surface area contributed by atoms with E-state index in [2.05, 4.69) is 23.8 Å². The summed E-state index contributed by atoms with van der Waals surface area (Å²) in [5.41, 5.74) is 2.29. The molecule has 1 rings (SSSR count). The minimum absolute atomic E-state index is 0.162. The van der Waals surface area contributed by atoms with E-state index in [0.29, 0.717) is 0 Å². The molecule has 0 atom stereocenters. The predicted molar refractivity (Wildman–Crippen MR) is 70.2 cm³/mol. The fourth-order valence-electron chi connectivity index (χ4n) is 1.97. The van der Waals surface area contributed by atoms with Crippen molar-refractivity contribution in [2.24, 2.45) is 0 Å². The van der Waals surface area contributed by atoms with Gasteiger partial charge in [-0.2, -0.15) is 0 Å².